The maximum absolute atomic E-state index is 11.2. The number of nitrogens with zero attached hydrogens (tertiary/aromatic N) is 2. The van der Waals surface area contributed by atoms with Crippen LogP contribution in [-0.4, -0.2) is 41.2 Å². The number of aliphatic hydroxyl groups is 1. The Kier molecular flexibility index (Phi) is 4.02. The summed E-state index contributed by atoms with van der Waals surface area (Å²) in [6.07, 6.45) is 5.62. The molecule has 3 fully saturated rings. The molecule has 0 aliphatic carbocycles. The fraction of sp³-hybridized carbons (Fsp3) is 0.450. The largest absolute Gasteiger partial charge is 0.497 e. The van der Waals surface area contributed by atoms with Crippen molar-refractivity contribution in [2.24, 2.45) is 11.8 Å². The van der Waals surface area contributed by atoms with Crippen LogP contribution in [0.2, 0.25) is 0 Å². The van der Waals surface area contributed by atoms with Gasteiger partial charge in [0.25, 0.3) is 0 Å². The van der Waals surface area contributed by atoms with Crippen LogP contribution in [0.15, 0.2) is 43.1 Å². The highest BCUT2D eigenvalue weighted by Gasteiger charge is 2.42. The third-order valence-corrected chi connectivity index (χ3v) is 5.82. The molecule has 0 radical (unpaired) electrons. The lowest BCUT2D eigenvalue weighted by Gasteiger charge is -2.50. The maximum atomic E-state index is 11.2. The molecule has 0 amide bonds. The van der Waals surface area contributed by atoms with Gasteiger partial charge in [0, 0.05) is 24.2 Å². The van der Waals surface area contributed by atoms with Crippen LogP contribution in [0.3, 0.4) is 0 Å². The van der Waals surface area contributed by atoms with Gasteiger partial charge in [-0.15, -0.1) is 6.58 Å². The maximum Gasteiger partial charge on any atom is 0.119 e. The highest BCUT2D eigenvalue weighted by molar-refractivity contribution is 5.83. The van der Waals surface area contributed by atoms with Crippen molar-refractivity contribution in [3.8, 4) is 5.75 Å². The van der Waals surface area contributed by atoms with Crippen LogP contribution in [0.4, 0.5) is 0 Å². The average Bonchev–Trinajstić information content (AvgIpc) is 2.66. The molecule has 4 nitrogen and oxygen atoms in total. The molecular formula is C20H24N2O2. The second-order valence-electron chi connectivity index (χ2n) is 6.97. The van der Waals surface area contributed by atoms with Gasteiger partial charge in [0.1, 0.15) is 5.75 Å². The first-order chi connectivity index (χ1) is 11.7. The summed E-state index contributed by atoms with van der Waals surface area (Å²) in [6, 6.07) is 7.96. The number of fused-ring (bicyclic) bond motifs is 4. The van der Waals surface area contributed by atoms with Crippen LogP contribution >= 0.6 is 0 Å². The number of pyridine rings is 1. The molecule has 3 unspecified atom stereocenters. The number of hydrogen-bond donors (Lipinski definition) is 1. The van der Waals surface area contributed by atoms with Crippen LogP contribution < -0.4 is 4.74 Å². The molecule has 0 spiro atoms. The number of ether oxygens (including phenoxy) is 1. The highest BCUT2D eigenvalue weighted by atomic mass is 16.5. The summed E-state index contributed by atoms with van der Waals surface area (Å²) in [6.45, 7) is 6.07. The zero-order valence-electron chi connectivity index (χ0n) is 14.1. The molecule has 126 valence electrons. The first-order valence-electron chi connectivity index (χ1n) is 8.68. The number of aliphatic hydroxyl groups excluding tert-OH is 1. The Hall–Kier alpha value is -1.91. The Labute approximate surface area is 142 Å². The van der Waals surface area contributed by atoms with Gasteiger partial charge >= 0.3 is 0 Å². The molecular weight excluding hydrogens is 300 g/mol. The zero-order chi connectivity index (χ0) is 16.7. The summed E-state index contributed by atoms with van der Waals surface area (Å²) in [5, 5.41) is 12.1. The van der Waals surface area contributed by atoms with Gasteiger partial charge in [0.2, 0.25) is 0 Å². The molecule has 0 saturated carbocycles. The minimum absolute atomic E-state index is 0.178. The molecule has 24 heavy (non-hydrogen) atoms. The van der Waals surface area contributed by atoms with E-state index in [1.807, 2.05) is 24.3 Å². The molecule has 1 N–H and O–H groups in total. The topological polar surface area (TPSA) is 45.6 Å². The van der Waals surface area contributed by atoms with Crippen molar-refractivity contribution >= 4 is 10.9 Å². The van der Waals surface area contributed by atoms with Gasteiger partial charge in [0.15, 0.2) is 0 Å². The van der Waals surface area contributed by atoms with Crippen LogP contribution in [0.25, 0.3) is 10.9 Å². The number of aromatic nitrogens is 1. The van der Waals surface area contributed by atoms with E-state index in [2.05, 4.69) is 22.5 Å². The van der Waals surface area contributed by atoms with E-state index in [4.69, 9.17) is 4.74 Å². The van der Waals surface area contributed by atoms with Gasteiger partial charge in [-0.1, -0.05) is 6.08 Å². The third kappa shape index (κ3) is 2.50. The first-order valence-corrected chi connectivity index (χ1v) is 8.68. The summed E-state index contributed by atoms with van der Waals surface area (Å²) in [7, 11) is 1.66. The van der Waals surface area contributed by atoms with Gasteiger partial charge in [-0.25, -0.2) is 0 Å². The zero-order valence-corrected chi connectivity index (χ0v) is 14.1. The van der Waals surface area contributed by atoms with Crippen molar-refractivity contribution < 1.29 is 9.84 Å². The van der Waals surface area contributed by atoms with Crippen molar-refractivity contribution in [1.29, 1.82) is 0 Å². The van der Waals surface area contributed by atoms with Gasteiger partial charge in [0.05, 0.1) is 18.7 Å². The molecule has 1 aromatic carbocycles. The van der Waals surface area contributed by atoms with Crippen molar-refractivity contribution in [2.75, 3.05) is 20.2 Å². The summed E-state index contributed by atoms with van der Waals surface area (Å²) < 4.78 is 5.35. The van der Waals surface area contributed by atoms with Crippen molar-refractivity contribution in [3.05, 3.63) is 48.7 Å². The van der Waals surface area contributed by atoms with E-state index in [9.17, 15) is 5.11 Å². The lowest BCUT2D eigenvalue weighted by molar-refractivity contribution is -0.0444. The van der Waals surface area contributed by atoms with E-state index in [1.165, 1.54) is 6.42 Å². The summed E-state index contributed by atoms with van der Waals surface area (Å²) in [5.41, 5.74) is 1.85. The van der Waals surface area contributed by atoms with Crippen molar-refractivity contribution in [3.63, 3.8) is 0 Å². The molecule has 2 aromatic rings. The fourth-order valence-electron chi connectivity index (χ4n) is 4.44. The van der Waals surface area contributed by atoms with E-state index >= 15 is 0 Å². The lowest BCUT2D eigenvalue weighted by Crippen LogP contribution is -2.54. The van der Waals surface area contributed by atoms with E-state index in [1.54, 1.807) is 13.3 Å². The Morgan fingerprint density at radius 2 is 2.29 bits per heavy atom. The van der Waals surface area contributed by atoms with Crippen molar-refractivity contribution in [1.82, 2.24) is 9.88 Å². The second-order valence-corrected chi connectivity index (χ2v) is 6.97. The van der Waals surface area contributed by atoms with Crippen LogP contribution in [0.5, 0.6) is 5.75 Å². The Morgan fingerprint density at radius 3 is 3.00 bits per heavy atom. The lowest BCUT2D eigenvalue weighted by atomic mass is 9.73. The minimum atomic E-state index is -0.504. The molecule has 4 heterocycles. The number of rotatable bonds is 4. The number of methoxy groups -OCH3 is 1. The van der Waals surface area contributed by atoms with Gasteiger partial charge in [-0.05, 0) is 61.1 Å². The number of hydrogen-bond acceptors (Lipinski definition) is 4. The average molecular weight is 324 g/mol. The number of benzene rings is 1. The van der Waals surface area contributed by atoms with E-state index < -0.39 is 6.10 Å². The normalized spacial score (nSPS) is 30.2. The molecule has 4 heteroatoms. The summed E-state index contributed by atoms with van der Waals surface area (Å²) >= 11 is 0. The predicted octanol–water partition coefficient (Wildman–Crippen LogP) is 3.17. The summed E-state index contributed by atoms with van der Waals surface area (Å²) in [5.74, 6) is 2.01. The minimum Gasteiger partial charge on any atom is -0.497 e. The first kappa shape index (κ1) is 15.6. The van der Waals surface area contributed by atoms with E-state index in [0.717, 1.165) is 41.7 Å². The van der Waals surface area contributed by atoms with Gasteiger partial charge < -0.3 is 9.84 Å². The van der Waals surface area contributed by atoms with Crippen LogP contribution in [-0.2, 0) is 0 Å². The molecule has 5 atom stereocenters. The second kappa shape index (κ2) is 6.19. The fourth-order valence-corrected chi connectivity index (χ4v) is 4.44. The van der Waals surface area contributed by atoms with Gasteiger partial charge in [-0.3, -0.25) is 9.88 Å². The third-order valence-electron chi connectivity index (χ3n) is 5.82. The predicted molar refractivity (Wildman–Crippen MR) is 95.0 cm³/mol. The Bertz CT molecular complexity index is 760. The molecule has 3 aliphatic heterocycles. The van der Waals surface area contributed by atoms with Crippen molar-refractivity contribution in [2.45, 2.75) is 25.0 Å². The monoisotopic (exact) mass is 324 g/mol. The standard InChI is InChI=1S/C20H24N2O2/c1-3-13-12-22-9-7-14(13)10-19(22)20(23)16-6-8-21-18-5-4-15(24-2)11-17(16)18/h3-6,8,11,13-14,19-20,23H,1,7,9-10,12H2,2H3/t13-,14?,19?,20+/m0/s1. The van der Waals surface area contributed by atoms with Crippen LogP contribution in [0, 0.1) is 11.8 Å². The molecule has 5 rings (SSSR count). The molecule has 3 aliphatic rings. The number of piperidine rings is 3. The van der Waals surface area contributed by atoms with Crippen LogP contribution in [0.1, 0.15) is 24.5 Å². The highest BCUT2D eigenvalue weighted by Crippen LogP contribution is 2.42. The molecule has 3 saturated heterocycles. The quantitative estimate of drug-likeness (QED) is 0.878. The SMILES string of the molecule is C=C[C@H]1CN2CCC1CC2[C@H](O)c1ccnc2ccc(OC)cc12. The van der Waals surface area contributed by atoms with Gasteiger partial charge in [-0.2, -0.15) is 0 Å². The summed E-state index contributed by atoms with van der Waals surface area (Å²) in [4.78, 5) is 6.86. The Balaban J connectivity index is 1.69. The Morgan fingerprint density at radius 1 is 1.42 bits per heavy atom. The van der Waals surface area contributed by atoms with E-state index in [0.29, 0.717) is 11.8 Å². The molecule has 1 aromatic heterocycles. The van der Waals surface area contributed by atoms with E-state index in [-0.39, 0.29) is 6.04 Å². The smallest absolute Gasteiger partial charge is 0.119 e. The molecule has 2 bridgehead atoms.